The third-order valence-corrected chi connectivity index (χ3v) is 6.39. The maximum atomic E-state index is 13.3. The van der Waals surface area contributed by atoms with Crippen LogP contribution in [-0.2, 0) is 11.0 Å². The number of nitrogens with zero attached hydrogens (tertiary/aromatic N) is 3. The third kappa shape index (κ3) is 4.34. The highest BCUT2D eigenvalue weighted by molar-refractivity contribution is 8.45. The lowest BCUT2D eigenvalue weighted by Crippen LogP contribution is -2.44. The number of halogens is 8. The van der Waals surface area contributed by atoms with Crippen LogP contribution in [0.4, 0.5) is 44.0 Å². The van der Waals surface area contributed by atoms with Gasteiger partial charge in [0, 0.05) is 5.69 Å². The summed E-state index contributed by atoms with van der Waals surface area (Å²) in [5.74, 6) is -0.914. The van der Waals surface area contributed by atoms with Gasteiger partial charge in [-0.3, -0.25) is 9.69 Å². The number of hydrogen-bond acceptors (Lipinski definition) is 3. The molecule has 0 atom stereocenters. The zero-order valence-corrected chi connectivity index (χ0v) is 18.3. The lowest BCUT2D eigenvalue weighted by atomic mass is 10.0. The van der Waals surface area contributed by atoms with Gasteiger partial charge in [0.1, 0.15) is 10.4 Å². The molecule has 1 aliphatic heterocycles. The first-order chi connectivity index (χ1) is 14.7. The molecular formula is C19H13F8N3OS2. The fraction of sp³-hybridized carbons (Fsp3) is 0.211. The molecule has 1 fully saturated rings. The summed E-state index contributed by atoms with van der Waals surface area (Å²) < 4.78 is 106. The second-order valence-electron chi connectivity index (χ2n) is 7.62. The summed E-state index contributed by atoms with van der Waals surface area (Å²) in [6.45, 7) is 2.45. The molecule has 0 spiro atoms. The van der Waals surface area contributed by atoms with Crippen molar-refractivity contribution in [1.82, 2.24) is 0 Å². The molecule has 0 unspecified atom stereocenters. The second kappa shape index (κ2) is 6.57. The van der Waals surface area contributed by atoms with Gasteiger partial charge in [-0.1, -0.05) is 25.5 Å². The van der Waals surface area contributed by atoms with Crippen LogP contribution in [0.2, 0.25) is 0 Å². The highest BCUT2D eigenvalue weighted by Crippen LogP contribution is 3.02. The average Bonchev–Trinajstić information content (AvgIpc) is 2.83. The van der Waals surface area contributed by atoms with Crippen LogP contribution >= 0.6 is 22.4 Å². The van der Waals surface area contributed by atoms with Gasteiger partial charge in [0.15, 0.2) is 5.11 Å². The summed E-state index contributed by atoms with van der Waals surface area (Å²) in [4.78, 5) is 12.3. The molecule has 3 rings (SSSR count). The minimum absolute atomic E-state index is 0.131. The first-order valence-corrected chi connectivity index (χ1v) is 11.2. The summed E-state index contributed by atoms with van der Waals surface area (Å²) in [6.07, 6.45) is -4.95. The Hall–Kier alpha value is -2.92. The Labute approximate surface area is 187 Å². The van der Waals surface area contributed by atoms with Crippen LogP contribution in [0.15, 0.2) is 47.4 Å². The molecule has 0 N–H and O–H groups in total. The van der Waals surface area contributed by atoms with Crippen molar-refractivity contribution in [2.45, 2.75) is 30.5 Å². The van der Waals surface area contributed by atoms with Crippen molar-refractivity contribution in [1.29, 1.82) is 5.26 Å². The van der Waals surface area contributed by atoms with Crippen LogP contribution in [0.1, 0.15) is 25.0 Å². The van der Waals surface area contributed by atoms with Crippen LogP contribution in [-0.4, -0.2) is 16.6 Å². The summed E-state index contributed by atoms with van der Waals surface area (Å²) in [5.41, 5.74) is -4.70. The largest absolute Gasteiger partial charge is 0.417 e. The number of carbonyl (C=O) groups is 1. The number of anilines is 2. The molecule has 0 bridgehead atoms. The average molecular weight is 515 g/mol. The van der Waals surface area contributed by atoms with Gasteiger partial charge in [0.2, 0.25) is 0 Å². The lowest BCUT2D eigenvalue weighted by molar-refractivity contribution is -0.137. The quantitative estimate of drug-likeness (QED) is 0.322. The molecular weight excluding hydrogens is 502 g/mol. The van der Waals surface area contributed by atoms with Crippen molar-refractivity contribution >= 4 is 44.8 Å². The number of nitriles is 1. The molecule has 4 nitrogen and oxygen atoms in total. The first-order valence-electron chi connectivity index (χ1n) is 8.83. The van der Waals surface area contributed by atoms with Crippen LogP contribution in [0.25, 0.3) is 0 Å². The molecule has 0 saturated carbocycles. The van der Waals surface area contributed by atoms with E-state index in [9.17, 15) is 37.4 Å². The number of thiocarbonyl (C=S) groups is 1. The van der Waals surface area contributed by atoms with Crippen molar-refractivity contribution in [3.63, 3.8) is 0 Å². The zero-order valence-electron chi connectivity index (χ0n) is 16.6. The van der Waals surface area contributed by atoms with E-state index in [2.05, 4.69) is 0 Å². The molecule has 1 saturated heterocycles. The maximum Gasteiger partial charge on any atom is 0.417 e. The monoisotopic (exact) mass is 515 g/mol. The Morgan fingerprint density at radius 3 is 2.12 bits per heavy atom. The number of amides is 1. The molecule has 1 amide bonds. The van der Waals surface area contributed by atoms with Crippen molar-refractivity contribution in [2.75, 3.05) is 9.80 Å². The normalized spacial score (nSPS) is 18.7. The van der Waals surface area contributed by atoms with E-state index in [1.165, 1.54) is 19.9 Å². The summed E-state index contributed by atoms with van der Waals surface area (Å²) in [7, 11) is -10.1. The number of rotatable bonds is 3. The van der Waals surface area contributed by atoms with Gasteiger partial charge in [0.05, 0.1) is 22.9 Å². The highest BCUT2D eigenvalue weighted by atomic mass is 32.5. The van der Waals surface area contributed by atoms with Crippen LogP contribution in [0.5, 0.6) is 0 Å². The molecule has 1 heterocycles. The molecule has 33 heavy (non-hydrogen) atoms. The highest BCUT2D eigenvalue weighted by Gasteiger charge is 2.65. The van der Waals surface area contributed by atoms with E-state index < -0.39 is 60.4 Å². The van der Waals surface area contributed by atoms with Gasteiger partial charge in [-0.15, -0.1) is 0 Å². The molecule has 0 aromatic heterocycles. The van der Waals surface area contributed by atoms with Crippen molar-refractivity contribution in [3.8, 4) is 6.07 Å². The van der Waals surface area contributed by atoms with Crippen molar-refractivity contribution in [3.05, 3.63) is 53.6 Å². The first kappa shape index (κ1) is 24.7. The fourth-order valence-corrected chi connectivity index (χ4v) is 4.52. The molecule has 178 valence electrons. The third-order valence-electron chi connectivity index (χ3n) is 4.88. The van der Waals surface area contributed by atoms with Gasteiger partial charge < -0.3 is 4.90 Å². The molecule has 0 aliphatic carbocycles. The van der Waals surface area contributed by atoms with E-state index >= 15 is 0 Å². The Morgan fingerprint density at radius 1 is 1.00 bits per heavy atom. The predicted octanol–water partition coefficient (Wildman–Crippen LogP) is 7.15. The summed E-state index contributed by atoms with van der Waals surface area (Å²) >= 11 is 5.17. The number of carbonyl (C=O) groups excluding carboxylic acids is 1. The minimum atomic E-state index is -10.1. The summed E-state index contributed by atoms with van der Waals surface area (Å²) in [6, 6.07) is 5.74. The van der Waals surface area contributed by atoms with Gasteiger partial charge in [-0.2, -0.15) is 18.4 Å². The van der Waals surface area contributed by atoms with E-state index in [0.29, 0.717) is 17.0 Å². The molecule has 1 aliphatic rings. The number of hydrogen-bond donors (Lipinski definition) is 0. The fourth-order valence-electron chi connectivity index (χ4n) is 3.32. The summed E-state index contributed by atoms with van der Waals surface area (Å²) in [5, 5.41) is 8.41. The number of benzene rings is 2. The van der Waals surface area contributed by atoms with Crippen LogP contribution in [0.3, 0.4) is 0 Å². The Balaban J connectivity index is 2.16. The van der Waals surface area contributed by atoms with Gasteiger partial charge >= 0.3 is 16.4 Å². The van der Waals surface area contributed by atoms with Gasteiger partial charge in [-0.25, -0.2) is 0 Å². The molecule has 2 aromatic carbocycles. The number of alkyl halides is 3. The van der Waals surface area contributed by atoms with Gasteiger partial charge in [0.25, 0.3) is 5.91 Å². The van der Waals surface area contributed by atoms with E-state index in [4.69, 9.17) is 17.5 Å². The van der Waals surface area contributed by atoms with E-state index in [-0.39, 0.29) is 12.1 Å². The smallest absolute Gasteiger partial charge is 0.303 e. The van der Waals surface area contributed by atoms with E-state index in [1.54, 1.807) is 0 Å². The Bertz CT molecular complexity index is 1230. The molecule has 2 aromatic rings. The van der Waals surface area contributed by atoms with Crippen molar-refractivity contribution in [2.24, 2.45) is 0 Å². The Morgan fingerprint density at radius 2 is 1.61 bits per heavy atom. The van der Waals surface area contributed by atoms with Gasteiger partial charge in [-0.05, 0) is 62.5 Å². The predicted molar refractivity (Wildman–Crippen MR) is 111 cm³/mol. The van der Waals surface area contributed by atoms with Crippen LogP contribution < -0.4 is 9.80 Å². The minimum Gasteiger partial charge on any atom is -0.303 e. The van der Waals surface area contributed by atoms with Crippen LogP contribution in [0, 0.1) is 11.3 Å². The maximum absolute atomic E-state index is 13.3. The molecule has 14 heteroatoms. The standard InChI is InChI=1S/C19H13F8N3OS2/c1-18(2)16(31)29(12-7-6-11(10-28)15(9-12)19(20,21)22)17(32)30(18)13-4-3-5-14(8-13)33(23,24,25,26)27/h3-9H,1-2H3. The Kier molecular flexibility index (Phi) is 4.92. The van der Waals surface area contributed by atoms with E-state index in [0.717, 1.165) is 23.1 Å². The topological polar surface area (TPSA) is 47.3 Å². The zero-order chi connectivity index (χ0) is 25.3. The lowest BCUT2D eigenvalue weighted by Gasteiger charge is -2.41. The second-order valence-corrected chi connectivity index (χ2v) is 10.4. The van der Waals surface area contributed by atoms with Crippen molar-refractivity contribution < 1.29 is 37.4 Å². The molecule has 0 radical (unpaired) electrons. The SMILES string of the molecule is CC1(C)C(=O)N(c2ccc(C#N)c(C(F)(F)F)c2)C(=S)N1c1cccc(S(F)(F)(F)(F)F)c1. The van der Waals surface area contributed by atoms with E-state index in [1.807, 2.05) is 0 Å².